The van der Waals surface area contributed by atoms with Crippen molar-refractivity contribution < 1.29 is 19.0 Å². The van der Waals surface area contributed by atoms with E-state index in [0.29, 0.717) is 24.2 Å². The third-order valence-corrected chi connectivity index (χ3v) is 2.63. The number of rotatable bonds is 6. The van der Waals surface area contributed by atoms with Gasteiger partial charge in [0.1, 0.15) is 11.6 Å². The van der Waals surface area contributed by atoms with Crippen molar-refractivity contribution in [1.82, 2.24) is 0 Å². The predicted molar refractivity (Wildman–Crippen MR) is 68.1 cm³/mol. The molecule has 0 fully saturated rings. The zero-order valence-corrected chi connectivity index (χ0v) is 10.6. The number of allylic oxidation sites excluding steroid dienone is 2. The van der Waals surface area contributed by atoms with Gasteiger partial charge in [0, 0.05) is 12.0 Å². The molecule has 0 radical (unpaired) electrons. The van der Waals surface area contributed by atoms with E-state index in [0.717, 1.165) is 5.57 Å². The summed E-state index contributed by atoms with van der Waals surface area (Å²) in [5, 5.41) is 8.52. The van der Waals surface area contributed by atoms with E-state index in [1.54, 1.807) is 6.07 Å². The molecular weight excluding hydrogens is 235 g/mol. The number of carboxylic acids is 1. The van der Waals surface area contributed by atoms with Crippen LogP contribution in [0.5, 0.6) is 5.75 Å². The number of carbonyl (C=O) groups is 1. The minimum absolute atomic E-state index is 0.143. The third kappa shape index (κ3) is 4.20. The fourth-order valence-electron chi connectivity index (χ4n) is 1.67. The Morgan fingerprint density at radius 2 is 2.22 bits per heavy atom. The molecule has 0 unspecified atom stereocenters. The highest BCUT2D eigenvalue weighted by atomic mass is 19.1. The van der Waals surface area contributed by atoms with Gasteiger partial charge in [-0.25, -0.2) is 4.39 Å². The average molecular weight is 252 g/mol. The quantitative estimate of drug-likeness (QED) is 0.788. The lowest BCUT2D eigenvalue weighted by Crippen LogP contribution is -1.93. The van der Waals surface area contributed by atoms with Gasteiger partial charge in [0.2, 0.25) is 0 Å². The second-order valence-corrected chi connectivity index (χ2v) is 4.02. The Labute approximate surface area is 106 Å². The third-order valence-electron chi connectivity index (χ3n) is 2.63. The fraction of sp³-hybridized carbons (Fsp3) is 0.357. The maximum Gasteiger partial charge on any atom is 0.303 e. The number of unbranched alkanes of at least 4 members (excludes halogenated alkanes) is 1. The summed E-state index contributed by atoms with van der Waals surface area (Å²) in [4.78, 5) is 10.4. The highest BCUT2D eigenvalue weighted by Crippen LogP contribution is 2.27. The summed E-state index contributed by atoms with van der Waals surface area (Å²) in [6.07, 6.45) is 3.27. The summed E-state index contributed by atoms with van der Waals surface area (Å²) >= 11 is 0. The van der Waals surface area contributed by atoms with E-state index in [4.69, 9.17) is 9.84 Å². The Bertz CT molecular complexity index is 452. The van der Waals surface area contributed by atoms with E-state index in [1.165, 1.54) is 19.2 Å². The molecule has 1 aromatic carbocycles. The molecule has 0 amide bonds. The first-order valence-corrected chi connectivity index (χ1v) is 5.77. The van der Waals surface area contributed by atoms with Crippen LogP contribution in [0.15, 0.2) is 24.3 Å². The second-order valence-electron chi connectivity index (χ2n) is 4.02. The first-order chi connectivity index (χ1) is 8.54. The number of hydrogen-bond acceptors (Lipinski definition) is 2. The lowest BCUT2D eigenvalue weighted by molar-refractivity contribution is -0.137. The Kier molecular flexibility index (Phi) is 5.36. The van der Waals surface area contributed by atoms with Crippen LogP contribution in [-0.4, -0.2) is 18.2 Å². The maximum absolute atomic E-state index is 13.2. The molecule has 4 heteroatoms. The molecule has 0 saturated heterocycles. The van der Waals surface area contributed by atoms with Crippen LogP contribution in [-0.2, 0) is 4.79 Å². The number of hydrogen-bond donors (Lipinski definition) is 1. The molecule has 1 N–H and O–H groups in total. The highest BCUT2D eigenvalue weighted by molar-refractivity contribution is 5.69. The van der Waals surface area contributed by atoms with Crippen LogP contribution in [0, 0.1) is 5.82 Å². The van der Waals surface area contributed by atoms with Gasteiger partial charge in [0.15, 0.2) is 0 Å². The van der Waals surface area contributed by atoms with Crippen molar-refractivity contribution in [2.45, 2.75) is 26.2 Å². The maximum atomic E-state index is 13.2. The molecule has 0 aliphatic rings. The lowest BCUT2D eigenvalue weighted by atomic mass is 10.0. The van der Waals surface area contributed by atoms with Crippen molar-refractivity contribution in [3.8, 4) is 5.75 Å². The molecule has 1 rings (SSSR count). The SMILES string of the molecule is COc1ccc(F)cc1/C(C)=C/CCCC(=O)O. The molecule has 0 atom stereocenters. The number of halogens is 1. The molecule has 98 valence electrons. The number of methoxy groups -OCH3 is 1. The molecule has 0 bridgehead atoms. The summed E-state index contributed by atoms with van der Waals surface area (Å²) < 4.78 is 18.3. The van der Waals surface area contributed by atoms with Crippen LogP contribution < -0.4 is 4.74 Å². The van der Waals surface area contributed by atoms with E-state index in [9.17, 15) is 9.18 Å². The molecule has 0 aromatic heterocycles. The van der Waals surface area contributed by atoms with Gasteiger partial charge in [0.05, 0.1) is 7.11 Å². The van der Waals surface area contributed by atoms with Crippen molar-refractivity contribution in [3.05, 3.63) is 35.7 Å². The Balaban J connectivity index is 2.75. The molecule has 0 heterocycles. The van der Waals surface area contributed by atoms with Crippen molar-refractivity contribution in [2.24, 2.45) is 0 Å². The monoisotopic (exact) mass is 252 g/mol. The number of aliphatic carboxylic acids is 1. The first-order valence-electron chi connectivity index (χ1n) is 5.77. The Morgan fingerprint density at radius 3 is 2.83 bits per heavy atom. The molecular formula is C14H17FO3. The lowest BCUT2D eigenvalue weighted by Gasteiger charge is -2.09. The van der Waals surface area contributed by atoms with E-state index in [-0.39, 0.29) is 12.2 Å². The summed E-state index contributed by atoms with van der Waals surface area (Å²) in [6.45, 7) is 1.86. The van der Waals surface area contributed by atoms with Crippen molar-refractivity contribution >= 4 is 11.5 Å². The van der Waals surface area contributed by atoms with Gasteiger partial charge in [-0.15, -0.1) is 0 Å². The van der Waals surface area contributed by atoms with E-state index in [2.05, 4.69) is 0 Å². The summed E-state index contributed by atoms with van der Waals surface area (Å²) in [5.41, 5.74) is 1.59. The second kappa shape index (κ2) is 6.79. The van der Waals surface area contributed by atoms with Gasteiger partial charge in [-0.05, 0) is 43.5 Å². The van der Waals surface area contributed by atoms with Crippen molar-refractivity contribution in [1.29, 1.82) is 0 Å². The summed E-state index contributed by atoms with van der Waals surface area (Å²) in [7, 11) is 1.54. The molecule has 0 aliphatic carbocycles. The molecule has 0 spiro atoms. The molecule has 0 aliphatic heterocycles. The van der Waals surface area contributed by atoms with Gasteiger partial charge in [-0.3, -0.25) is 4.79 Å². The largest absolute Gasteiger partial charge is 0.496 e. The number of ether oxygens (including phenoxy) is 1. The fourth-order valence-corrected chi connectivity index (χ4v) is 1.67. The smallest absolute Gasteiger partial charge is 0.303 e. The Hall–Kier alpha value is -1.84. The number of benzene rings is 1. The Morgan fingerprint density at radius 1 is 1.50 bits per heavy atom. The normalized spacial score (nSPS) is 11.4. The van der Waals surface area contributed by atoms with E-state index < -0.39 is 5.97 Å². The zero-order valence-electron chi connectivity index (χ0n) is 10.6. The zero-order chi connectivity index (χ0) is 13.5. The van der Waals surface area contributed by atoms with Crippen LogP contribution >= 0.6 is 0 Å². The predicted octanol–water partition coefficient (Wildman–Crippen LogP) is 3.49. The van der Waals surface area contributed by atoms with Crippen LogP contribution in [0.2, 0.25) is 0 Å². The standard InChI is InChI=1S/C14H17FO3/c1-10(5-3-4-6-14(16)17)12-9-11(15)7-8-13(12)18-2/h5,7-9H,3-4,6H2,1-2H3,(H,16,17)/b10-5+. The van der Waals surface area contributed by atoms with Gasteiger partial charge in [0.25, 0.3) is 0 Å². The minimum atomic E-state index is -0.801. The average Bonchev–Trinajstić information content (AvgIpc) is 2.34. The van der Waals surface area contributed by atoms with Crippen LogP contribution in [0.4, 0.5) is 4.39 Å². The molecule has 3 nitrogen and oxygen atoms in total. The van der Waals surface area contributed by atoms with Gasteiger partial charge >= 0.3 is 5.97 Å². The van der Waals surface area contributed by atoms with Crippen molar-refractivity contribution in [3.63, 3.8) is 0 Å². The topological polar surface area (TPSA) is 46.5 Å². The van der Waals surface area contributed by atoms with E-state index >= 15 is 0 Å². The van der Waals surface area contributed by atoms with Crippen LogP contribution in [0.25, 0.3) is 5.57 Å². The summed E-state index contributed by atoms with van der Waals surface area (Å²) in [5.74, 6) is -0.503. The molecule has 1 aromatic rings. The molecule has 18 heavy (non-hydrogen) atoms. The van der Waals surface area contributed by atoms with Crippen molar-refractivity contribution in [2.75, 3.05) is 7.11 Å². The number of carboxylic acid groups (broad SMARTS) is 1. The minimum Gasteiger partial charge on any atom is -0.496 e. The van der Waals surface area contributed by atoms with Gasteiger partial charge in [-0.1, -0.05) is 6.08 Å². The van der Waals surface area contributed by atoms with Crippen LogP contribution in [0.1, 0.15) is 31.7 Å². The highest BCUT2D eigenvalue weighted by Gasteiger charge is 2.06. The first kappa shape index (κ1) is 14.2. The summed E-state index contributed by atoms with van der Waals surface area (Å²) in [6, 6.07) is 4.35. The van der Waals surface area contributed by atoms with E-state index in [1.807, 2.05) is 13.0 Å². The molecule has 0 saturated carbocycles. The van der Waals surface area contributed by atoms with Gasteiger partial charge in [-0.2, -0.15) is 0 Å². The van der Waals surface area contributed by atoms with Gasteiger partial charge < -0.3 is 9.84 Å². The van der Waals surface area contributed by atoms with Crippen LogP contribution in [0.3, 0.4) is 0 Å².